The van der Waals surface area contributed by atoms with Crippen molar-refractivity contribution in [1.29, 1.82) is 0 Å². The molecule has 2 aliphatic heterocycles. The van der Waals surface area contributed by atoms with Gasteiger partial charge in [-0.2, -0.15) is 0 Å². The predicted octanol–water partition coefficient (Wildman–Crippen LogP) is 6.85. The summed E-state index contributed by atoms with van der Waals surface area (Å²) >= 11 is -2.87. The Morgan fingerprint density at radius 2 is 1.12 bits per heavy atom. The molecular weight excluding hydrogens is 515 g/mol. The van der Waals surface area contributed by atoms with Crippen LogP contribution < -0.4 is 3.58 Å². The summed E-state index contributed by atoms with van der Waals surface area (Å²) < 4.78 is 18.3. The van der Waals surface area contributed by atoms with Gasteiger partial charge in [-0.1, -0.05) is 0 Å². The van der Waals surface area contributed by atoms with Crippen LogP contribution in [0.1, 0.15) is 98.1 Å². The van der Waals surface area contributed by atoms with E-state index in [-0.39, 0.29) is 11.1 Å². The predicted molar refractivity (Wildman–Crippen MR) is 144 cm³/mol. The zero-order valence-electron chi connectivity index (χ0n) is 22.2. The molecule has 5 heteroatoms. The average Bonchev–Trinajstić information content (AvgIpc) is 3.34. The monoisotopic (exact) mass is 562 g/mol. The van der Waals surface area contributed by atoms with E-state index in [2.05, 4.69) is 66.7 Å². The minimum absolute atomic E-state index is 0.166. The fraction of sp³-hybridized carbons (Fsp3) is 0.714. The van der Waals surface area contributed by atoms with Crippen LogP contribution in [0.3, 0.4) is 0 Å². The fourth-order valence-electron chi connectivity index (χ4n) is 5.22. The van der Waals surface area contributed by atoms with Crippen molar-refractivity contribution in [3.63, 3.8) is 0 Å². The van der Waals surface area contributed by atoms with Gasteiger partial charge in [0.1, 0.15) is 0 Å². The Morgan fingerprint density at radius 3 is 1.42 bits per heavy atom. The van der Waals surface area contributed by atoms with Crippen LogP contribution in [0.25, 0.3) is 0 Å². The van der Waals surface area contributed by atoms with Gasteiger partial charge in [0.2, 0.25) is 0 Å². The van der Waals surface area contributed by atoms with Crippen LogP contribution in [0.5, 0.6) is 0 Å². The summed E-state index contributed by atoms with van der Waals surface area (Å²) in [6.45, 7) is 17.0. The molecule has 184 valence electrons. The van der Waals surface area contributed by atoms with Gasteiger partial charge in [0.05, 0.1) is 0 Å². The third-order valence-electron chi connectivity index (χ3n) is 7.01. The number of benzene rings is 1. The van der Waals surface area contributed by atoms with E-state index in [9.17, 15) is 0 Å². The van der Waals surface area contributed by atoms with E-state index >= 15 is 0 Å². The van der Waals surface area contributed by atoms with Gasteiger partial charge in [-0.25, -0.2) is 0 Å². The first-order valence-corrected chi connectivity index (χ1v) is 20.7. The van der Waals surface area contributed by atoms with E-state index in [4.69, 9.17) is 19.5 Å². The molecule has 0 radical (unpaired) electrons. The van der Waals surface area contributed by atoms with Crippen molar-refractivity contribution in [1.82, 2.24) is 0 Å². The maximum absolute atomic E-state index is 6.27. The molecule has 0 saturated carbocycles. The molecule has 0 saturated heterocycles. The zero-order valence-corrected chi connectivity index (χ0v) is 25.1. The van der Waals surface area contributed by atoms with Crippen LogP contribution in [0.4, 0.5) is 0 Å². The summed E-state index contributed by atoms with van der Waals surface area (Å²) in [6.07, 6.45) is 7.70. The van der Waals surface area contributed by atoms with E-state index in [1.807, 2.05) is 0 Å². The van der Waals surface area contributed by atoms with Gasteiger partial charge in [0, 0.05) is 0 Å². The Morgan fingerprint density at radius 1 is 0.727 bits per heavy atom. The van der Waals surface area contributed by atoms with Crippen molar-refractivity contribution in [2.75, 3.05) is 13.2 Å². The van der Waals surface area contributed by atoms with Crippen molar-refractivity contribution < 1.29 is 9.47 Å². The molecule has 0 atom stereocenters. The van der Waals surface area contributed by atoms with Crippen LogP contribution in [0.2, 0.25) is 13.3 Å². The molecule has 1 aromatic rings. The van der Waals surface area contributed by atoms with Crippen molar-refractivity contribution >= 4 is 33.8 Å². The van der Waals surface area contributed by atoms with E-state index in [0.29, 0.717) is 13.2 Å². The van der Waals surface area contributed by atoms with Gasteiger partial charge in [0.15, 0.2) is 0 Å². The fourth-order valence-corrected chi connectivity index (χ4v) is 22.7. The van der Waals surface area contributed by atoms with Crippen LogP contribution >= 0.6 is 0 Å². The Bertz CT molecular complexity index is 799. The molecule has 0 bridgehead atoms. The van der Waals surface area contributed by atoms with E-state index < -0.39 is 18.4 Å². The standard InChI is InChI=1S/C16H19N2O2.3C4H9.Sn/c1-15(2)9-19-13(17-15)11-6-5-7-12(8-11)14-18-16(3,4)10-20-14;3*1-3-4-2;/h5-7H,9-10H2,1-4H3;3*1,3-4H2,2H3;. The maximum atomic E-state index is 6.27. The quantitative estimate of drug-likeness (QED) is 0.262. The molecule has 4 nitrogen and oxygen atoms in total. The van der Waals surface area contributed by atoms with Gasteiger partial charge in [-0.3, -0.25) is 0 Å². The van der Waals surface area contributed by atoms with Gasteiger partial charge in [-0.15, -0.1) is 0 Å². The van der Waals surface area contributed by atoms with Crippen LogP contribution in [-0.4, -0.2) is 54.5 Å². The summed E-state index contributed by atoms with van der Waals surface area (Å²) in [5.74, 6) is 1.69. The minimum atomic E-state index is -2.87. The Labute approximate surface area is 206 Å². The van der Waals surface area contributed by atoms with Crippen LogP contribution in [0.15, 0.2) is 28.2 Å². The molecule has 0 aromatic heterocycles. The SMILES string of the molecule is CCC[CH2][Sn]([CH2]CCC)([CH2]CCC)[c]1c(C2=NC(C)(C)CO2)cccc1C1=NC(C)(C)CO1. The molecule has 3 rings (SSSR count). The number of ether oxygens (including phenoxy) is 2. The first kappa shape index (κ1) is 26.6. The second-order valence-electron chi connectivity index (χ2n) is 11.4. The van der Waals surface area contributed by atoms with Crippen molar-refractivity contribution in [3.05, 3.63) is 29.3 Å². The zero-order chi connectivity index (χ0) is 24.1. The molecule has 0 aliphatic carbocycles. The third kappa shape index (κ3) is 6.35. The molecule has 0 N–H and O–H groups in total. The van der Waals surface area contributed by atoms with Gasteiger partial charge in [0.25, 0.3) is 0 Å². The van der Waals surface area contributed by atoms with Crippen molar-refractivity contribution in [2.24, 2.45) is 9.98 Å². The molecular formula is C28H46N2O2Sn. The first-order valence-electron chi connectivity index (χ1n) is 13.3. The number of nitrogens with zero attached hydrogens (tertiary/aromatic N) is 2. The van der Waals surface area contributed by atoms with Crippen LogP contribution in [-0.2, 0) is 9.47 Å². The summed E-state index contributed by atoms with van der Waals surface area (Å²) in [6, 6.07) is 6.71. The number of aliphatic imine (C=N–C) groups is 2. The summed E-state index contributed by atoms with van der Waals surface area (Å²) in [5, 5.41) is 0. The molecule has 33 heavy (non-hydrogen) atoms. The molecule has 2 aliphatic rings. The topological polar surface area (TPSA) is 43.2 Å². The Balaban J connectivity index is 2.27. The number of hydrogen-bond acceptors (Lipinski definition) is 4. The van der Waals surface area contributed by atoms with Gasteiger partial charge < -0.3 is 0 Å². The van der Waals surface area contributed by atoms with E-state index in [0.717, 1.165) is 11.8 Å². The second kappa shape index (κ2) is 11.1. The molecule has 1 aromatic carbocycles. The molecule has 0 amide bonds. The number of unbranched alkanes of at least 4 members (excludes halogenated alkanes) is 3. The Hall–Kier alpha value is -1.04. The second-order valence-corrected chi connectivity index (χ2v) is 24.4. The van der Waals surface area contributed by atoms with E-state index in [1.165, 1.54) is 63.0 Å². The number of hydrogen-bond donors (Lipinski definition) is 0. The van der Waals surface area contributed by atoms with Crippen molar-refractivity contribution in [3.8, 4) is 0 Å². The molecule has 0 fully saturated rings. The summed E-state index contributed by atoms with van der Waals surface area (Å²) in [4.78, 5) is 10.1. The molecule has 2 heterocycles. The summed E-state index contributed by atoms with van der Waals surface area (Å²) in [5.41, 5.74) is 2.15. The Kier molecular flexibility index (Phi) is 8.96. The first-order chi connectivity index (χ1) is 15.7. The third-order valence-corrected chi connectivity index (χ3v) is 22.8. The average molecular weight is 561 g/mol. The molecule has 0 unspecified atom stereocenters. The summed E-state index contributed by atoms with van der Waals surface area (Å²) in [7, 11) is 0. The van der Waals surface area contributed by atoms with Crippen molar-refractivity contribution in [2.45, 2.75) is 111 Å². The normalized spacial score (nSPS) is 19.1. The van der Waals surface area contributed by atoms with Gasteiger partial charge in [-0.05, 0) is 0 Å². The van der Waals surface area contributed by atoms with Gasteiger partial charge >= 0.3 is 207 Å². The van der Waals surface area contributed by atoms with Crippen LogP contribution in [0, 0.1) is 0 Å². The molecule has 0 spiro atoms. The van der Waals surface area contributed by atoms with E-state index in [1.54, 1.807) is 3.58 Å². The number of rotatable bonds is 12.